The zero-order chi connectivity index (χ0) is 15.4. The lowest BCUT2D eigenvalue weighted by molar-refractivity contribution is -0.133. The van der Waals surface area contributed by atoms with E-state index in [2.05, 4.69) is 10.4 Å². The van der Waals surface area contributed by atoms with E-state index in [4.69, 9.17) is 5.11 Å². The third-order valence-corrected chi connectivity index (χ3v) is 3.10. The number of benzene rings is 1. The summed E-state index contributed by atoms with van der Waals surface area (Å²) >= 11 is 0. The molecule has 0 saturated carbocycles. The van der Waals surface area contributed by atoms with E-state index in [1.165, 1.54) is 13.8 Å². The number of nitrogens with zero attached hydrogens (tertiary/aromatic N) is 2. The van der Waals surface area contributed by atoms with Crippen LogP contribution in [0.15, 0.2) is 53.9 Å². The minimum absolute atomic E-state index is 0.0238. The number of hydrogen-bond donors (Lipinski definition) is 2. The molecule has 0 unspecified atom stereocenters. The predicted molar refractivity (Wildman–Crippen MR) is 78.2 cm³/mol. The minimum atomic E-state index is -1.10. The van der Waals surface area contributed by atoms with E-state index in [1.54, 1.807) is 41.3 Å². The van der Waals surface area contributed by atoms with Crippen LogP contribution in [0.1, 0.15) is 13.8 Å². The topological polar surface area (TPSA) is 84.2 Å². The first-order valence-electron chi connectivity index (χ1n) is 6.31. The van der Waals surface area contributed by atoms with E-state index in [-0.39, 0.29) is 11.1 Å². The van der Waals surface area contributed by atoms with Gasteiger partial charge < -0.3 is 10.4 Å². The number of aromatic nitrogens is 2. The number of rotatable bonds is 4. The van der Waals surface area contributed by atoms with E-state index >= 15 is 0 Å². The number of hydrogen-bond acceptors (Lipinski definition) is 3. The van der Waals surface area contributed by atoms with E-state index < -0.39 is 11.9 Å². The molecule has 1 amide bonds. The number of nitrogens with one attached hydrogen (secondary N) is 1. The molecule has 6 heteroatoms. The van der Waals surface area contributed by atoms with Gasteiger partial charge in [0.2, 0.25) is 0 Å². The summed E-state index contributed by atoms with van der Waals surface area (Å²) in [6.07, 6.45) is 3.45. The van der Waals surface area contributed by atoms with Crippen molar-refractivity contribution < 1.29 is 14.7 Å². The summed E-state index contributed by atoms with van der Waals surface area (Å²) in [5.74, 6) is -1.54. The molecule has 2 rings (SSSR count). The Bertz CT molecular complexity index is 703. The molecular weight excluding hydrogens is 270 g/mol. The van der Waals surface area contributed by atoms with Crippen molar-refractivity contribution in [1.82, 2.24) is 9.78 Å². The lowest BCUT2D eigenvalue weighted by Gasteiger charge is -2.09. The van der Waals surface area contributed by atoms with Gasteiger partial charge in [0.25, 0.3) is 5.91 Å². The Morgan fingerprint density at radius 3 is 2.57 bits per heavy atom. The summed E-state index contributed by atoms with van der Waals surface area (Å²) in [7, 11) is 0. The number of amides is 1. The zero-order valence-corrected chi connectivity index (χ0v) is 11.7. The van der Waals surface area contributed by atoms with Gasteiger partial charge in [-0.3, -0.25) is 4.79 Å². The third-order valence-electron chi connectivity index (χ3n) is 3.10. The average molecular weight is 285 g/mol. The first kappa shape index (κ1) is 14.5. The van der Waals surface area contributed by atoms with Crippen LogP contribution in [0.5, 0.6) is 0 Å². The van der Waals surface area contributed by atoms with Crippen molar-refractivity contribution in [1.29, 1.82) is 0 Å². The highest BCUT2D eigenvalue weighted by molar-refractivity contribution is 6.08. The molecule has 2 N–H and O–H groups in total. The smallest absolute Gasteiger partial charge is 0.331 e. The summed E-state index contributed by atoms with van der Waals surface area (Å²) in [5, 5.41) is 15.7. The first-order chi connectivity index (χ1) is 9.99. The molecule has 1 aromatic carbocycles. The fourth-order valence-electron chi connectivity index (χ4n) is 1.70. The van der Waals surface area contributed by atoms with E-state index in [9.17, 15) is 9.59 Å². The Hall–Kier alpha value is -2.89. The molecule has 2 aromatic rings. The number of carboxylic acids is 1. The first-order valence-corrected chi connectivity index (χ1v) is 6.31. The molecular formula is C15H15N3O3. The summed E-state index contributed by atoms with van der Waals surface area (Å²) < 4.78 is 1.67. The van der Waals surface area contributed by atoms with Crippen molar-refractivity contribution >= 4 is 17.6 Å². The van der Waals surface area contributed by atoms with Gasteiger partial charge in [0.15, 0.2) is 0 Å². The van der Waals surface area contributed by atoms with Gasteiger partial charge in [-0.1, -0.05) is 6.07 Å². The highest BCUT2D eigenvalue weighted by Crippen LogP contribution is 2.15. The predicted octanol–water partition coefficient (Wildman–Crippen LogP) is 2.23. The number of aliphatic carboxylic acids is 1. The van der Waals surface area contributed by atoms with Gasteiger partial charge >= 0.3 is 5.97 Å². The molecule has 1 aromatic heterocycles. The molecule has 0 saturated heterocycles. The summed E-state index contributed by atoms with van der Waals surface area (Å²) in [6.45, 7) is 2.88. The normalized spacial score (nSPS) is 11.7. The van der Waals surface area contributed by atoms with Crippen molar-refractivity contribution in [2.75, 3.05) is 5.32 Å². The van der Waals surface area contributed by atoms with Crippen LogP contribution in [0.3, 0.4) is 0 Å². The van der Waals surface area contributed by atoms with Gasteiger partial charge in [0, 0.05) is 29.2 Å². The van der Waals surface area contributed by atoms with Crippen molar-refractivity contribution in [3.05, 3.63) is 53.9 Å². The fourth-order valence-corrected chi connectivity index (χ4v) is 1.70. The van der Waals surface area contributed by atoms with E-state index in [1.807, 2.05) is 6.07 Å². The van der Waals surface area contributed by atoms with E-state index in [0.29, 0.717) is 5.69 Å². The quantitative estimate of drug-likeness (QED) is 0.844. The van der Waals surface area contributed by atoms with Crippen molar-refractivity contribution in [3.8, 4) is 5.69 Å². The van der Waals surface area contributed by atoms with Gasteiger partial charge in [0.05, 0.1) is 5.69 Å². The van der Waals surface area contributed by atoms with E-state index in [0.717, 1.165) is 5.69 Å². The van der Waals surface area contributed by atoms with Crippen LogP contribution >= 0.6 is 0 Å². The number of anilines is 1. The van der Waals surface area contributed by atoms with Crippen LogP contribution in [-0.4, -0.2) is 26.8 Å². The number of carbonyl (C=O) groups is 2. The van der Waals surface area contributed by atoms with Crippen LogP contribution < -0.4 is 5.32 Å². The van der Waals surface area contributed by atoms with Crippen molar-refractivity contribution in [3.63, 3.8) is 0 Å². The summed E-state index contributed by atoms with van der Waals surface area (Å²) in [5.41, 5.74) is 1.57. The molecule has 108 valence electrons. The molecule has 1 heterocycles. The second kappa shape index (κ2) is 6.04. The zero-order valence-electron chi connectivity index (χ0n) is 11.7. The van der Waals surface area contributed by atoms with Crippen LogP contribution in [0.4, 0.5) is 5.69 Å². The molecule has 0 bridgehead atoms. The molecule has 0 atom stereocenters. The van der Waals surface area contributed by atoms with Crippen LogP contribution in [-0.2, 0) is 9.59 Å². The minimum Gasteiger partial charge on any atom is -0.478 e. The largest absolute Gasteiger partial charge is 0.478 e. The van der Waals surface area contributed by atoms with Gasteiger partial charge in [-0.2, -0.15) is 5.10 Å². The lowest BCUT2D eigenvalue weighted by atomic mass is 10.1. The maximum atomic E-state index is 12.0. The van der Waals surface area contributed by atoms with Crippen LogP contribution in [0.2, 0.25) is 0 Å². The molecule has 0 aliphatic rings. The monoisotopic (exact) mass is 285 g/mol. The Morgan fingerprint density at radius 1 is 1.19 bits per heavy atom. The molecule has 21 heavy (non-hydrogen) atoms. The highest BCUT2D eigenvalue weighted by atomic mass is 16.4. The summed E-state index contributed by atoms with van der Waals surface area (Å²) in [4.78, 5) is 22.9. The Labute approximate surface area is 121 Å². The Morgan fingerprint density at radius 2 is 1.95 bits per heavy atom. The van der Waals surface area contributed by atoms with Crippen molar-refractivity contribution in [2.45, 2.75) is 13.8 Å². The molecule has 0 fully saturated rings. The Kier molecular flexibility index (Phi) is 4.18. The maximum absolute atomic E-state index is 12.0. The molecule has 6 nitrogen and oxygen atoms in total. The lowest BCUT2D eigenvalue weighted by Crippen LogP contribution is -2.16. The second-order valence-corrected chi connectivity index (χ2v) is 4.51. The van der Waals surface area contributed by atoms with Crippen LogP contribution in [0, 0.1) is 0 Å². The average Bonchev–Trinajstić information content (AvgIpc) is 3.00. The molecule has 0 aliphatic carbocycles. The van der Waals surface area contributed by atoms with Gasteiger partial charge in [-0.15, -0.1) is 0 Å². The van der Waals surface area contributed by atoms with Crippen LogP contribution in [0.25, 0.3) is 5.69 Å². The maximum Gasteiger partial charge on any atom is 0.331 e. The van der Waals surface area contributed by atoms with Gasteiger partial charge in [-0.05, 0) is 38.1 Å². The molecule has 0 radical (unpaired) electrons. The number of carbonyl (C=O) groups excluding carboxylic acids is 1. The standard InChI is InChI=1S/C15H15N3O3/c1-10(11(2)15(20)21)14(19)17-12-5-3-6-13(9-12)18-8-4-7-16-18/h3-9H,1-2H3,(H,17,19)(H,20,21). The van der Waals surface area contributed by atoms with Crippen molar-refractivity contribution in [2.24, 2.45) is 0 Å². The molecule has 0 spiro atoms. The Balaban J connectivity index is 2.21. The second-order valence-electron chi connectivity index (χ2n) is 4.51. The summed E-state index contributed by atoms with van der Waals surface area (Å²) in [6, 6.07) is 8.93. The number of carboxylic acid groups (broad SMARTS) is 1. The highest BCUT2D eigenvalue weighted by Gasteiger charge is 2.13. The van der Waals surface area contributed by atoms with Gasteiger partial charge in [-0.25, -0.2) is 9.48 Å². The fraction of sp³-hybridized carbons (Fsp3) is 0.133. The SMILES string of the molecule is CC(C(=O)O)=C(C)C(=O)Nc1cccc(-n2cccn2)c1. The molecule has 0 aliphatic heterocycles. The van der Waals surface area contributed by atoms with Gasteiger partial charge in [0.1, 0.15) is 0 Å². The third kappa shape index (κ3) is 3.36.